The maximum Gasteiger partial charge on any atom is 0.276 e. The molecule has 1 amide bonds. The minimum atomic E-state index is -0.274. The highest BCUT2D eigenvalue weighted by molar-refractivity contribution is 7.07. The molecule has 5 nitrogen and oxygen atoms in total. The Balaban J connectivity index is 1.75. The first-order valence-corrected chi connectivity index (χ1v) is 8.68. The summed E-state index contributed by atoms with van der Waals surface area (Å²) in [6.07, 6.45) is 0. The van der Waals surface area contributed by atoms with Crippen molar-refractivity contribution in [2.24, 2.45) is 0 Å². The Labute approximate surface area is 148 Å². The number of thiazole rings is 1. The topological polar surface area (TPSA) is 67.8 Å². The molecule has 0 radical (unpaired) electrons. The summed E-state index contributed by atoms with van der Waals surface area (Å²) in [7, 11) is 0. The summed E-state index contributed by atoms with van der Waals surface area (Å²) in [5, 5.41) is 5.42. The number of aryl methyl sites for hydroxylation is 1. The summed E-state index contributed by atoms with van der Waals surface area (Å²) in [5.41, 5.74) is 5.68. The number of nitrogens with one attached hydrogen (secondary N) is 1. The van der Waals surface area contributed by atoms with Gasteiger partial charge in [-0.25, -0.2) is 15.0 Å². The van der Waals surface area contributed by atoms with Gasteiger partial charge in [0, 0.05) is 16.5 Å². The van der Waals surface area contributed by atoms with Crippen LogP contribution in [0.1, 0.15) is 16.2 Å². The zero-order chi connectivity index (χ0) is 17.2. The number of fused-ring (bicyclic) bond motifs is 1. The second-order valence-corrected chi connectivity index (χ2v) is 6.29. The summed E-state index contributed by atoms with van der Waals surface area (Å²) in [5.74, 6) is 0.187. The second kappa shape index (κ2) is 6.41. The van der Waals surface area contributed by atoms with Gasteiger partial charge < -0.3 is 5.32 Å². The molecule has 4 aromatic rings. The number of amides is 1. The molecule has 3 heterocycles. The molecule has 0 spiro atoms. The van der Waals surface area contributed by atoms with E-state index in [0.717, 1.165) is 22.2 Å². The van der Waals surface area contributed by atoms with Crippen LogP contribution >= 0.6 is 11.3 Å². The SMILES string of the molecule is Cc1cc(-c2ccccc2)c2ccc(NC(=O)c3cscn3)nc2n1. The number of benzene rings is 1. The van der Waals surface area contributed by atoms with Crippen molar-refractivity contribution in [3.8, 4) is 11.1 Å². The lowest BCUT2D eigenvalue weighted by Gasteiger charge is -2.09. The molecular formula is C19H14N4OS. The fraction of sp³-hybridized carbons (Fsp3) is 0.0526. The van der Waals surface area contributed by atoms with E-state index in [-0.39, 0.29) is 5.91 Å². The Morgan fingerprint density at radius 3 is 2.68 bits per heavy atom. The molecule has 25 heavy (non-hydrogen) atoms. The molecule has 1 N–H and O–H groups in total. The van der Waals surface area contributed by atoms with Gasteiger partial charge in [0.05, 0.1) is 5.51 Å². The van der Waals surface area contributed by atoms with E-state index in [1.807, 2.05) is 37.3 Å². The average Bonchev–Trinajstić information content (AvgIpc) is 3.16. The molecule has 0 fully saturated rings. The molecular weight excluding hydrogens is 332 g/mol. The van der Waals surface area contributed by atoms with E-state index in [4.69, 9.17) is 0 Å². The Morgan fingerprint density at radius 2 is 1.92 bits per heavy atom. The molecule has 1 aromatic carbocycles. The van der Waals surface area contributed by atoms with Crippen molar-refractivity contribution in [2.75, 3.05) is 5.32 Å². The van der Waals surface area contributed by atoms with Crippen LogP contribution in [0.3, 0.4) is 0 Å². The highest BCUT2D eigenvalue weighted by atomic mass is 32.1. The van der Waals surface area contributed by atoms with Gasteiger partial charge in [0.25, 0.3) is 5.91 Å². The molecule has 4 rings (SSSR count). The number of nitrogens with zero attached hydrogens (tertiary/aromatic N) is 3. The maximum absolute atomic E-state index is 12.1. The molecule has 6 heteroatoms. The highest BCUT2D eigenvalue weighted by Crippen LogP contribution is 2.28. The van der Waals surface area contributed by atoms with Crippen LogP contribution in [0.25, 0.3) is 22.2 Å². The molecule has 0 bridgehead atoms. The van der Waals surface area contributed by atoms with Gasteiger partial charge in [-0.15, -0.1) is 11.3 Å². The molecule has 0 atom stereocenters. The van der Waals surface area contributed by atoms with Gasteiger partial charge in [0.2, 0.25) is 0 Å². The lowest BCUT2D eigenvalue weighted by Crippen LogP contribution is -2.13. The second-order valence-electron chi connectivity index (χ2n) is 5.57. The predicted molar refractivity (Wildman–Crippen MR) is 99.8 cm³/mol. The number of rotatable bonds is 3. The van der Waals surface area contributed by atoms with E-state index in [1.165, 1.54) is 11.3 Å². The predicted octanol–water partition coefficient (Wildman–Crippen LogP) is 4.31. The summed E-state index contributed by atoms with van der Waals surface area (Å²) in [6, 6.07) is 15.9. The van der Waals surface area contributed by atoms with Crippen LogP contribution in [0.4, 0.5) is 5.82 Å². The van der Waals surface area contributed by atoms with Crippen LogP contribution in [0, 0.1) is 6.92 Å². The van der Waals surface area contributed by atoms with Crippen molar-refractivity contribution in [1.82, 2.24) is 15.0 Å². The van der Waals surface area contributed by atoms with Gasteiger partial charge in [-0.1, -0.05) is 30.3 Å². The average molecular weight is 346 g/mol. The molecule has 0 aliphatic rings. The van der Waals surface area contributed by atoms with E-state index >= 15 is 0 Å². The molecule has 0 saturated carbocycles. The summed E-state index contributed by atoms with van der Waals surface area (Å²) >= 11 is 1.38. The fourth-order valence-electron chi connectivity index (χ4n) is 2.66. The van der Waals surface area contributed by atoms with E-state index < -0.39 is 0 Å². The van der Waals surface area contributed by atoms with Crippen molar-refractivity contribution in [3.63, 3.8) is 0 Å². The van der Waals surface area contributed by atoms with Crippen molar-refractivity contribution in [2.45, 2.75) is 6.92 Å². The minimum Gasteiger partial charge on any atom is -0.305 e. The third kappa shape index (κ3) is 3.12. The third-order valence-electron chi connectivity index (χ3n) is 3.79. The first-order valence-electron chi connectivity index (χ1n) is 7.74. The zero-order valence-electron chi connectivity index (χ0n) is 13.4. The number of carbonyl (C=O) groups excluding carboxylic acids is 1. The van der Waals surface area contributed by atoms with Crippen LogP contribution in [-0.2, 0) is 0 Å². The van der Waals surface area contributed by atoms with E-state index in [2.05, 4.69) is 32.4 Å². The van der Waals surface area contributed by atoms with Crippen molar-refractivity contribution < 1.29 is 4.79 Å². The smallest absolute Gasteiger partial charge is 0.276 e. The Hall–Kier alpha value is -3.12. The largest absolute Gasteiger partial charge is 0.305 e. The summed E-state index contributed by atoms with van der Waals surface area (Å²) < 4.78 is 0. The van der Waals surface area contributed by atoms with Crippen LogP contribution in [0.5, 0.6) is 0 Å². The van der Waals surface area contributed by atoms with Crippen LogP contribution in [-0.4, -0.2) is 20.9 Å². The van der Waals surface area contributed by atoms with Gasteiger partial charge >= 0.3 is 0 Å². The van der Waals surface area contributed by atoms with Gasteiger partial charge in [0.15, 0.2) is 5.65 Å². The molecule has 122 valence electrons. The third-order valence-corrected chi connectivity index (χ3v) is 4.38. The number of hydrogen-bond donors (Lipinski definition) is 1. The van der Waals surface area contributed by atoms with Crippen LogP contribution in [0.15, 0.2) is 59.4 Å². The monoisotopic (exact) mass is 346 g/mol. The van der Waals surface area contributed by atoms with Crippen molar-refractivity contribution in [1.29, 1.82) is 0 Å². The number of carbonyl (C=O) groups is 1. The van der Waals surface area contributed by atoms with Crippen LogP contribution < -0.4 is 5.32 Å². The van der Waals surface area contributed by atoms with Gasteiger partial charge in [0.1, 0.15) is 11.5 Å². The van der Waals surface area contributed by atoms with Crippen molar-refractivity contribution in [3.05, 3.63) is 70.8 Å². The Kier molecular flexibility index (Phi) is 3.95. The number of hydrogen-bond acceptors (Lipinski definition) is 5. The van der Waals surface area contributed by atoms with Crippen molar-refractivity contribution >= 4 is 34.1 Å². The number of pyridine rings is 2. The molecule has 3 aromatic heterocycles. The lowest BCUT2D eigenvalue weighted by molar-refractivity contribution is 0.102. The maximum atomic E-state index is 12.1. The summed E-state index contributed by atoms with van der Waals surface area (Å²) in [6.45, 7) is 1.94. The Bertz CT molecular complexity index is 1050. The van der Waals surface area contributed by atoms with E-state index in [0.29, 0.717) is 17.2 Å². The van der Waals surface area contributed by atoms with Gasteiger partial charge in [-0.3, -0.25) is 4.79 Å². The quantitative estimate of drug-likeness (QED) is 0.600. The van der Waals surface area contributed by atoms with Gasteiger partial charge in [-0.2, -0.15) is 0 Å². The van der Waals surface area contributed by atoms with E-state index in [1.54, 1.807) is 17.0 Å². The molecule has 0 aliphatic heterocycles. The first-order chi connectivity index (χ1) is 12.2. The minimum absolute atomic E-state index is 0.274. The first kappa shape index (κ1) is 15.4. The molecule has 0 aliphatic carbocycles. The number of anilines is 1. The van der Waals surface area contributed by atoms with E-state index in [9.17, 15) is 4.79 Å². The fourth-order valence-corrected chi connectivity index (χ4v) is 3.19. The zero-order valence-corrected chi connectivity index (χ0v) is 14.2. The van der Waals surface area contributed by atoms with Gasteiger partial charge in [-0.05, 0) is 36.2 Å². The standard InChI is InChI=1S/C19H14N4OS/c1-12-9-15(13-5-3-2-4-6-13)14-7-8-17(22-18(14)21-12)23-19(24)16-10-25-11-20-16/h2-11H,1H3,(H,21,22,23,24). The molecule has 0 unspecified atom stereocenters. The number of aromatic nitrogens is 3. The Morgan fingerprint density at radius 1 is 1.08 bits per heavy atom. The van der Waals surface area contributed by atoms with Crippen LogP contribution in [0.2, 0.25) is 0 Å². The highest BCUT2D eigenvalue weighted by Gasteiger charge is 2.12. The summed E-state index contributed by atoms with van der Waals surface area (Å²) in [4.78, 5) is 25.2. The normalized spacial score (nSPS) is 10.8. The lowest BCUT2D eigenvalue weighted by atomic mass is 10.0. The molecule has 0 saturated heterocycles.